The van der Waals surface area contributed by atoms with Crippen LogP contribution in [0, 0.1) is 0 Å². The Bertz CT molecular complexity index is 831. The van der Waals surface area contributed by atoms with E-state index < -0.39 is 0 Å². The molecule has 0 spiro atoms. The second-order valence-corrected chi connectivity index (χ2v) is 8.70. The minimum Gasteiger partial charge on any atom is -0.294 e. The fourth-order valence-corrected chi connectivity index (χ4v) is 5.78. The number of allylic oxidation sites excluding steroid dienone is 1. The maximum Gasteiger partial charge on any atom is 0.198 e. The Hall–Kier alpha value is -1.49. The molecule has 0 aromatic heterocycles. The van der Waals surface area contributed by atoms with E-state index in [1.807, 2.05) is 49.4 Å². The summed E-state index contributed by atoms with van der Waals surface area (Å²) in [5.41, 5.74) is 1.83. The number of halogens is 1. The number of hydrogen-bond acceptors (Lipinski definition) is 4. The Labute approximate surface area is 161 Å². The van der Waals surface area contributed by atoms with Gasteiger partial charge in [0, 0.05) is 22.3 Å². The summed E-state index contributed by atoms with van der Waals surface area (Å²) < 4.78 is 0.803. The molecule has 1 aliphatic rings. The first-order valence-corrected chi connectivity index (χ1v) is 10.3. The van der Waals surface area contributed by atoms with Gasteiger partial charge in [0.05, 0.1) is 9.81 Å². The van der Waals surface area contributed by atoms with Crippen LogP contribution in [-0.2, 0) is 4.79 Å². The predicted molar refractivity (Wildman–Crippen MR) is 107 cm³/mol. The first-order valence-electron chi connectivity index (χ1n) is 8.03. The molecular weight excluding hydrogens is 372 g/mol. The number of carbonyl (C=O) groups is 2. The summed E-state index contributed by atoms with van der Waals surface area (Å²) in [5, 5.41) is 0.606. The van der Waals surface area contributed by atoms with Crippen molar-refractivity contribution in [3.05, 3.63) is 80.6 Å². The molecular formula is C20H17ClO2S2. The lowest BCUT2D eigenvalue weighted by atomic mass is 9.96. The average Bonchev–Trinajstić information content (AvgIpc) is 2.62. The molecule has 1 atom stereocenters. The van der Waals surface area contributed by atoms with Gasteiger partial charge in [0.1, 0.15) is 0 Å². The third-order valence-electron chi connectivity index (χ3n) is 3.89. The maximum absolute atomic E-state index is 12.9. The lowest BCUT2D eigenvalue weighted by molar-refractivity contribution is -0.115. The minimum atomic E-state index is -0.188. The Balaban J connectivity index is 1.99. The van der Waals surface area contributed by atoms with Crippen LogP contribution >= 0.6 is 35.1 Å². The van der Waals surface area contributed by atoms with E-state index in [2.05, 4.69) is 0 Å². The van der Waals surface area contributed by atoms with Crippen LogP contribution < -0.4 is 0 Å². The molecule has 0 saturated carbocycles. The molecule has 1 aliphatic heterocycles. The second kappa shape index (κ2) is 8.26. The monoisotopic (exact) mass is 388 g/mol. The predicted octanol–water partition coefficient (Wildman–Crippen LogP) is 5.93. The summed E-state index contributed by atoms with van der Waals surface area (Å²) in [7, 11) is 0. The van der Waals surface area contributed by atoms with Crippen molar-refractivity contribution in [1.29, 1.82) is 0 Å². The van der Waals surface area contributed by atoms with Gasteiger partial charge in [0.15, 0.2) is 11.6 Å². The third kappa shape index (κ3) is 4.02. The van der Waals surface area contributed by atoms with E-state index >= 15 is 0 Å². The fourth-order valence-electron chi connectivity index (χ4n) is 2.71. The van der Waals surface area contributed by atoms with Gasteiger partial charge < -0.3 is 0 Å². The van der Waals surface area contributed by atoms with Gasteiger partial charge >= 0.3 is 0 Å². The molecule has 0 saturated heterocycles. The molecule has 5 heteroatoms. The minimum absolute atomic E-state index is 0.0532. The van der Waals surface area contributed by atoms with Crippen molar-refractivity contribution < 1.29 is 9.59 Å². The lowest BCUT2D eigenvalue weighted by Gasteiger charge is -2.25. The number of thioether (sulfide) groups is 2. The zero-order chi connectivity index (χ0) is 17.8. The standard InChI is InChI=1S/C20H17ClO2S2/c1-2-24-20-18(19(23)13-8-4-3-5-9-13)16(22)12-17(25-20)14-10-6-7-11-15(14)21/h3-11,17H,2,12H2,1H3/t17-/m0/s1. The Morgan fingerprint density at radius 1 is 1.16 bits per heavy atom. The number of rotatable bonds is 5. The Morgan fingerprint density at radius 3 is 2.52 bits per heavy atom. The van der Waals surface area contributed by atoms with E-state index in [9.17, 15) is 9.59 Å². The normalized spacial score (nSPS) is 17.7. The molecule has 25 heavy (non-hydrogen) atoms. The van der Waals surface area contributed by atoms with Gasteiger partial charge in [0.2, 0.25) is 0 Å². The summed E-state index contributed by atoms with van der Waals surface area (Å²) in [6, 6.07) is 16.6. The zero-order valence-corrected chi connectivity index (χ0v) is 16.1. The van der Waals surface area contributed by atoms with Crippen molar-refractivity contribution >= 4 is 46.7 Å². The fraction of sp³-hybridized carbons (Fsp3) is 0.200. The second-order valence-electron chi connectivity index (χ2n) is 5.55. The molecule has 3 rings (SSSR count). The molecule has 0 amide bonds. The van der Waals surface area contributed by atoms with E-state index in [-0.39, 0.29) is 23.2 Å². The van der Waals surface area contributed by atoms with Crippen molar-refractivity contribution in [2.24, 2.45) is 0 Å². The quantitative estimate of drug-likeness (QED) is 0.469. The Morgan fingerprint density at radius 2 is 1.84 bits per heavy atom. The third-order valence-corrected chi connectivity index (χ3v) is 6.76. The summed E-state index contributed by atoms with van der Waals surface area (Å²) in [4.78, 5) is 25.7. The van der Waals surface area contributed by atoms with E-state index in [1.165, 1.54) is 0 Å². The van der Waals surface area contributed by atoms with E-state index in [0.29, 0.717) is 16.2 Å². The lowest BCUT2D eigenvalue weighted by Crippen LogP contribution is -2.20. The molecule has 0 unspecified atom stereocenters. The number of Topliss-reactive ketones (excluding diaryl/α,β-unsaturated/α-hetero) is 2. The van der Waals surface area contributed by atoms with Crippen molar-refractivity contribution in [3.63, 3.8) is 0 Å². The smallest absolute Gasteiger partial charge is 0.198 e. The topological polar surface area (TPSA) is 34.1 Å². The van der Waals surface area contributed by atoms with Crippen LogP contribution in [0.2, 0.25) is 5.02 Å². The molecule has 2 aromatic carbocycles. The van der Waals surface area contributed by atoms with Crippen LogP contribution in [0.5, 0.6) is 0 Å². The van der Waals surface area contributed by atoms with E-state index in [4.69, 9.17) is 11.6 Å². The highest BCUT2D eigenvalue weighted by Crippen LogP contribution is 2.49. The molecule has 128 valence electrons. The summed E-state index contributed by atoms with van der Waals surface area (Å²) in [6.07, 6.45) is 0.288. The van der Waals surface area contributed by atoms with Gasteiger partial charge in [-0.1, -0.05) is 67.1 Å². The molecule has 0 bridgehead atoms. The van der Waals surface area contributed by atoms with Crippen molar-refractivity contribution in [2.75, 3.05) is 5.75 Å². The number of ketones is 2. The highest BCUT2D eigenvalue weighted by molar-refractivity contribution is 8.22. The molecule has 2 aromatic rings. The highest BCUT2D eigenvalue weighted by Gasteiger charge is 2.34. The average molecular weight is 389 g/mol. The summed E-state index contributed by atoms with van der Waals surface area (Å²) >= 11 is 9.43. The van der Waals surface area contributed by atoms with Crippen LogP contribution in [-0.4, -0.2) is 17.3 Å². The van der Waals surface area contributed by atoms with Crippen molar-refractivity contribution in [3.8, 4) is 0 Å². The van der Waals surface area contributed by atoms with Crippen LogP contribution in [0.4, 0.5) is 0 Å². The molecule has 0 fully saturated rings. The molecule has 0 radical (unpaired) electrons. The van der Waals surface area contributed by atoms with E-state index in [1.54, 1.807) is 35.7 Å². The first-order chi connectivity index (χ1) is 12.1. The number of hydrogen-bond donors (Lipinski definition) is 0. The number of benzene rings is 2. The highest BCUT2D eigenvalue weighted by atomic mass is 35.5. The summed E-state index contributed by atoms with van der Waals surface area (Å²) in [6.45, 7) is 2.02. The number of carbonyl (C=O) groups excluding carboxylic acids is 2. The van der Waals surface area contributed by atoms with Crippen molar-refractivity contribution in [2.45, 2.75) is 18.6 Å². The molecule has 1 heterocycles. The van der Waals surface area contributed by atoms with Gasteiger partial charge in [-0.15, -0.1) is 23.5 Å². The Kier molecular flexibility index (Phi) is 6.05. The van der Waals surface area contributed by atoms with Crippen molar-refractivity contribution in [1.82, 2.24) is 0 Å². The maximum atomic E-state index is 12.9. The largest absolute Gasteiger partial charge is 0.294 e. The van der Waals surface area contributed by atoms with Gasteiger partial charge in [-0.3, -0.25) is 9.59 Å². The van der Waals surface area contributed by atoms with Crippen LogP contribution in [0.1, 0.15) is 34.5 Å². The van der Waals surface area contributed by atoms with Crippen LogP contribution in [0.15, 0.2) is 64.4 Å². The van der Waals surface area contributed by atoms with Crippen LogP contribution in [0.25, 0.3) is 0 Å². The van der Waals surface area contributed by atoms with Gasteiger partial charge in [-0.05, 0) is 17.4 Å². The zero-order valence-electron chi connectivity index (χ0n) is 13.7. The molecule has 2 nitrogen and oxygen atoms in total. The van der Waals surface area contributed by atoms with Gasteiger partial charge in [-0.25, -0.2) is 0 Å². The summed E-state index contributed by atoms with van der Waals surface area (Å²) in [5.74, 6) is 0.510. The van der Waals surface area contributed by atoms with Gasteiger partial charge in [-0.2, -0.15) is 0 Å². The van der Waals surface area contributed by atoms with Gasteiger partial charge in [0.25, 0.3) is 0 Å². The van der Waals surface area contributed by atoms with E-state index in [0.717, 1.165) is 15.6 Å². The van der Waals surface area contributed by atoms with Crippen LogP contribution in [0.3, 0.4) is 0 Å². The first kappa shape index (κ1) is 18.3. The SMILES string of the molecule is CCSC1=C(C(=O)c2ccccc2)C(=O)C[C@@H](c2ccccc2Cl)S1. The molecule has 0 aliphatic carbocycles. The molecule has 0 N–H and O–H groups in total.